The molecule has 2 aliphatic carbocycles. The van der Waals surface area contributed by atoms with E-state index in [1.807, 2.05) is 0 Å². The predicted octanol–water partition coefficient (Wildman–Crippen LogP) is 10.5. The molecule has 0 amide bonds. The molecule has 9 rings (SSSR count). The molecule has 2 unspecified atom stereocenters. The average molecular weight is 750 g/mol. The number of hydrogen-bond acceptors (Lipinski definition) is 2. The Morgan fingerprint density at radius 1 is 0.480 bits per heavy atom. The number of rotatable bonds is 4. The van der Waals surface area contributed by atoms with Gasteiger partial charge in [0.2, 0.25) is 0 Å². The topological polar surface area (TPSA) is 18.5 Å². The first-order chi connectivity index (χ1) is 24.6. The molecule has 2 atom stereocenters. The second kappa shape index (κ2) is 12.9. The van der Waals surface area contributed by atoms with Gasteiger partial charge < -0.3 is 0 Å². The molecule has 2 nitrogen and oxygen atoms in total. The van der Waals surface area contributed by atoms with Gasteiger partial charge in [0.1, 0.15) is 0 Å². The van der Waals surface area contributed by atoms with Crippen LogP contribution in [0.15, 0.2) is 156 Å². The van der Waals surface area contributed by atoms with Crippen molar-refractivity contribution in [3.05, 3.63) is 212 Å². The molecule has 0 saturated carbocycles. The van der Waals surface area contributed by atoms with Crippen molar-refractivity contribution in [2.24, 2.45) is 0 Å². The van der Waals surface area contributed by atoms with E-state index in [1.165, 1.54) is 33.7 Å². The summed E-state index contributed by atoms with van der Waals surface area (Å²) < 4.78 is 44.1. The van der Waals surface area contributed by atoms with E-state index >= 15 is 8.78 Å². The molecule has 6 aromatic carbocycles. The fraction of sp³-hybridized carbons (Fsp3) is 0.0909. The van der Waals surface area contributed by atoms with E-state index < -0.39 is 32.2 Å². The maximum atomic E-state index is 15.5. The summed E-state index contributed by atoms with van der Waals surface area (Å²) in [5, 5.41) is 2.63. The normalized spacial score (nSPS) is 18.0. The van der Waals surface area contributed by atoms with Gasteiger partial charge in [-0.15, -0.1) is 0 Å². The van der Waals surface area contributed by atoms with Crippen molar-refractivity contribution in [2.45, 2.75) is 23.9 Å². The first-order valence-corrected chi connectivity index (χ1v) is 21.4. The summed E-state index contributed by atoms with van der Waals surface area (Å²) in [6.07, 6.45) is 4.81. The Morgan fingerprint density at radius 3 is 1.36 bits per heavy atom. The molecule has 3 aliphatic rings. The van der Waals surface area contributed by atoms with E-state index in [2.05, 4.69) is 121 Å². The SMILES string of the molecule is Fc1ccc2c(c1)C1C(=Cc3ccccc31)[Si](Cc1ccccc1)(Cc1ccccc1)C1=Cc3ccccc3C1c1cc(F)ccc1[O][Zr][O]2. The molecule has 50 heavy (non-hydrogen) atoms. The molecule has 1 aliphatic heterocycles. The van der Waals surface area contributed by atoms with Crippen LogP contribution in [0.25, 0.3) is 12.2 Å². The fourth-order valence-electron chi connectivity index (χ4n) is 8.46. The Kier molecular flexibility index (Phi) is 8.10. The van der Waals surface area contributed by atoms with Crippen molar-refractivity contribution in [2.75, 3.05) is 0 Å². The molecular formula is C44H32F2O2SiZr. The predicted molar refractivity (Wildman–Crippen MR) is 193 cm³/mol. The van der Waals surface area contributed by atoms with E-state index in [-0.39, 0.29) is 23.5 Å². The number of allylic oxidation sites excluding steroid dienone is 2. The summed E-state index contributed by atoms with van der Waals surface area (Å²) in [7, 11) is -2.99. The van der Waals surface area contributed by atoms with Crippen LogP contribution in [0.2, 0.25) is 0 Å². The van der Waals surface area contributed by atoms with Crippen LogP contribution in [0.3, 0.4) is 0 Å². The fourth-order valence-corrected chi connectivity index (χ4v) is 15.6. The minimum atomic E-state index is -2.99. The molecular weight excluding hydrogens is 718 g/mol. The van der Waals surface area contributed by atoms with E-state index in [0.29, 0.717) is 11.5 Å². The Morgan fingerprint density at radius 2 is 0.900 bits per heavy atom. The van der Waals surface area contributed by atoms with Crippen LogP contribution < -0.4 is 5.63 Å². The Hall–Kier alpha value is -4.64. The molecule has 1 heterocycles. The molecule has 0 bridgehead atoms. The van der Waals surface area contributed by atoms with Gasteiger partial charge in [-0.3, -0.25) is 0 Å². The van der Waals surface area contributed by atoms with E-state index in [0.717, 1.165) is 45.5 Å². The standard InChI is InChI=1S/C44H34F2O2Si.Zr/c45-33-19-21-39(47)37(25-33)43-35-17-9-7-15-31(35)23-41(43)49(27-29-11-3-1-4-12-29,28-30-13-5-2-6-14-30)42-24-32-16-8-10-18-36(32)44(42)38-26-34(46)20-22-40(38)48;/h1-26,43-44,47-48H,27-28H2;/q;+2/p-2. The van der Waals surface area contributed by atoms with Crippen LogP contribution in [0.1, 0.15) is 56.3 Å². The zero-order valence-electron chi connectivity index (χ0n) is 27.2. The van der Waals surface area contributed by atoms with Crippen molar-refractivity contribution < 1.29 is 38.5 Å². The molecule has 0 spiro atoms. The van der Waals surface area contributed by atoms with Crippen LogP contribution >= 0.6 is 0 Å². The van der Waals surface area contributed by atoms with Gasteiger partial charge in [-0.2, -0.15) is 0 Å². The van der Waals surface area contributed by atoms with Crippen LogP contribution in [-0.4, -0.2) is 8.07 Å². The Labute approximate surface area is 304 Å². The van der Waals surface area contributed by atoms with Gasteiger partial charge in [-0.1, -0.05) is 0 Å². The third-order valence-electron chi connectivity index (χ3n) is 10.5. The Balaban J connectivity index is 1.41. The number of halogens is 2. The van der Waals surface area contributed by atoms with Gasteiger partial charge >= 0.3 is 306 Å². The summed E-state index contributed by atoms with van der Waals surface area (Å²) in [6, 6.07) is 50.0. The third-order valence-corrected chi connectivity index (χ3v) is 17.1. The van der Waals surface area contributed by atoms with E-state index in [9.17, 15) is 0 Å². The number of fused-ring (bicyclic) bond motifs is 10. The van der Waals surface area contributed by atoms with Crippen molar-refractivity contribution >= 4 is 20.2 Å². The molecule has 0 saturated heterocycles. The molecule has 0 aromatic heterocycles. The maximum absolute atomic E-state index is 15.5. The van der Waals surface area contributed by atoms with Crippen molar-refractivity contribution in [3.8, 4) is 11.5 Å². The van der Waals surface area contributed by atoms with Crippen LogP contribution in [0.5, 0.6) is 11.5 Å². The molecule has 0 radical (unpaired) electrons. The molecule has 6 aromatic rings. The van der Waals surface area contributed by atoms with Gasteiger partial charge in [-0.05, 0) is 0 Å². The average Bonchev–Trinajstić information content (AvgIpc) is 3.73. The molecule has 242 valence electrons. The van der Waals surface area contributed by atoms with Gasteiger partial charge in [0.15, 0.2) is 0 Å². The summed E-state index contributed by atoms with van der Waals surface area (Å²) in [4.78, 5) is 0. The van der Waals surface area contributed by atoms with Gasteiger partial charge in [0.05, 0.1) is 0 Å². The number of hydrogen-bond donors (Lipinski definition) is 0. The van der Waals surface area contributed by atoms with Crippen molar-refractivity contribution in [3.63, 3.8) is 0 Å². The number of benzene rings is 6. The Bertz CT molecular complexity index is 2140. The zero-order valence-corrected chi connectivity index (χ0v) is 30.6. The quantitative estimate of drug-likeness (QED) is 0.167. The second-order valence-corrected chi connectivity index (χ2v) is 18.8. The van der Waals surface area contributed by atoms with E-state index in [4.69, 9.17) is 5.63 Å². The minimum absolute atomic E-state index is 0.230. The van der Waals surface area contributed by atoms with Crippen molar-refractivity contribution in [1.82, 2.24) is 0 Å². The summed E-state index contributed by atoms with van der Waals surface area (Å²) in [5.74, 6) is 0.256. The van der Waals surface area contributed by atoms with Crippen LogP contribution in [0, 0.1) is 11.6 Å². The van der Waals surface area contributed by atoms with Crippen LogP contribution in [-0.2, 0) is 36.2 Å². The first kappa shape index (κ1) is 31.3. The molecule has 0 N–H and O–H groups in total. The summed E-state index contributed by atoms with van der Waals surface area (Å²) in [6.45, 7) is 0. The van der Waals surface area contributed by atoms with Gasteiger partial charge in [0.25, 0.3) is 0 Å². The van der Waals surface area contributed by atoms with E-state index in [1.54, 1.807) is 24.3 Å². The zero-order chi connectivity index (χ0) is 33.7. The monoisotopic (exact) mass is 748 g/mol. The second-order valence-electron chi connectivity index (χ2n) is 13.4. The van der Waals surface area contributed by atoms with Gasteiger partial charge in [0, 0.05) is 0 Å². The van der Waals surface area contributed by atoms with Crippen molar-refractivity contribution in [1.29, 1.82) is 0 Å². The summed E-state index contributed by atoms with van der Waals surface area (Å²) in [5.41, 5.74) is 8.74. The first-order valence-electron chi connectivity index (χ1n) is 16.9. The molecule has 6 heteroatoms. The van der Waals surface area contributed by atoms with Crippen LogP contribution in [0.4, 0.5) is 8.78 Å². The summed E-state index contributed by atoms with van der Waals surface area (Å²) >= 11 is -2.00. The van der Waals surface area contributed by atoms with Gasteiger partial charge in [-0.25, -0.2) is 0 Å². The molecule has 0 fully saturated rings. The third kappa shape index (κ3) is 5.46.